The van der Waals surface area contributed by atoms with Crippen LogP contribution in [0.5, 0.6) is 0 Å². The fraction of sp³-hybridized carbons (Fsp3) is 0.154. The van der Waals surface area contributed by atoms with Gasteiger partial charge in [-0.25, -0.2) is 4.57 Å². The molecule has 8 heteroatoms. The molecule has 0 spiro atoms. The van der Waals surface area contributed by atoms with Crippen LogP contribution in [0.1, 0.15) is 16.7 Å². The van der Waals surface area contributed by atoms with Crippen LogP contribution < -0.4 is 10.9 Å². The van der Waals surface area contributed by atoms with E-state index < -0.39 is 0 Å². The van der Waals surface area contributed by atoms with Crippen molar-refractivity contribution in [1.29, 1.82) is 0 Å². The molecule has 5 rings (SSSR count). The summed E-state index contributed by atoms with van der Waals surface area (Å²) in [6, 6.07) is 21.0. The van der Waals surface area contributed by atoms with Crippen LogP contribution in [0.15, 0.2) is 76.7 Å². The highest BCUT2D eigenvalue weighted by molar-refractivity contribution is 7.99. The molecular formula is C26H23N5O2S. The summed E-state index contributed by atoms with van der Waals surface area (Å²) in [6.07, 6.45) is 0. The second-order valence-electron chi connectivity index (χ2n) is 8.27. The molecule has 2 heterocycles. The summed E-state index contributed by atoms with van der Waals surface area (Å²) in [7, 11) is 0. The van der Waals surface area contributed by atoms with Crippen molar-refractivity contribution in [3.05, 3.63) is 93.8 Å². The zero-order chi connectivity index (χ0) is 23.8. The summed E-state index contributed by atoms with van der Waals surface area (Å²) in [5.74, 6) is 0.434. The minimum Gasteiger partial charge on any atom is -0.325 e. The molecule has 7 nitrogen and oxygen atoms in total. The first-order chi connectivity index (χ1) is 16.4. The van der Waals surface area contributed by atoms with E-state index >= 15 is 0 Å². The number of aryl methyl sites for hydroxylation is 3. The number of nitrogens with zero attached hydrogens (tertiary/aromatic N) is 4. The number of anilines is 1. The van der Waals surface area contributed by atoms with Crippen molar-refractivity contribution in [3.63, 3.8) is 0 Å². The summed E-state index contributed by atoms with van der Waals surface area (Å²) in [5, 5.41) is 12.8. The smallest absolute Gasteiger partial charge is 0.267 e. The van der Waals surface area contributed by atoms with E-state index in [9.17, 15) is 9.59 Å². The third kappa shape index (κ3) is 3.97. The predicted molar refractivity (Wildman–Crippen MR) is 136 cm³/mol. The van der Waals surface area contributed by atoms with Gasteiger partial charge in [0.05, 0.1) is 22.3 Å². The molecule has 0 saturated heterocycles. The highest BCUT2D eigenvalue weighted by Crippen LogP contribution is 2.24. The van der Waals surface area contributed by atoms with Gasteiger partial charge in [-0.3, -0.25) is 14.0 Å². The summed E-state index contributed by atoms with van der Waals surface area (Å²) in [4.78, 5) is 26.1. The second-order valence-corrected chi connectivity index (χ2v) is 9.21. The minimum absolute atomic E-state index is 0.133. The minimum atomic E-state index is -0.163. The largest absolute Gasteiger partial charge is 0.325 e. The Morgan fingerprint density at radius 3 is 2.47 bits per heavy atom. The number of para-hydroxylation sites is 1. The highest BCUT2D eigenvalue weighted by atomic mass is 32.2. The van der Waals surface area contributed by atoms with Gasteiger partial charge in [-0.1, -0.05) is 53.7 Å². The molecule has 0 saturated carbocycles. The maximum atomic E-state index is 13.4. The van der Waals surface area contributed by atoms with Crippen molar-refractivity contribution in [2.45, 2.75) is 25.9 Å². The third-order valence-corrected chi connectivity index (χ3v) is 6.62. The molecule has 34 heavy (non-hydrogen) atoms. The number of carbonyl (C=O) groups is 1. The maximum absolute atomic E-state index is 13.4. The van der Waals surface area contributed by atoms with Crippen molar-refractivity contribution in [1.82, 2.24) is 19.2 Å². The first-order valence-corrected chi connectivity index (χ1v) is 11.9. The first-order valence-electron chi connectivity index (χ1n) is 10.9. The van der Waals surface area contributed by atoms with Gasteiger partial charge in [0.25, 0.3) is 5.56 Å². The van der Waals surface area contributed by atoms with Crippen LogP contribution in [0.4, 0.5) is 5.69 Å². The molecule has 0 fully saturated rings. The number of benzene rings is 3. The van der Waals surface area contributed by atoms with Gasteiger partial charge in [0, 0.05) is 5.69 Å². The van der Waals surface area contributed by atoms with Crippen LogP contribution in [0.25, 0.3) is 22.4 Å². The molecule has 5 aromatic rings. The lowest BCUT2D eigenvalue weighted by Crippen LogP contribution is -2.22. The summed E-state index contributed by atoms with van der Waals surface area (Å²) in [6.45, 7) is 5.95. The number of aromatic nitrogens is 4. The molecular weight excluding hydrogens is 446 g/mol. The molecule has 1 amide bonds. The Hall–Kier alpha value is -3.91. The number of fused-ring (bicyclic) bond motifs is 3. The maximum Gasteiger partial charge on any atom is 0.267 e. The normalized spacial score (nSPS) is 11.3. The van der Waals surface area contributed by atoms with Crippen molar-refractivity contribution < 1.29 is 4.79 Å². The highest BCUT2D eigenvalue weighted by Gasteiger charge is 2.18. The summed E-state index contributed by atoms with van der Waals surface area (Å²) >= 11 is 1.28. The van der Waals surface area contributed by atoms with Crippen molar-refractivity contribution in [3.8, 4) is 5.69 Å². The number of hydrogen-bond acceptors (Lipinski definition) is 5. The molecule has 1 N–H and O–H groups in total. The molecule has 0 unspecified atom stereocenters. The van der Waals surface area contributed by atoms with Gasteiger partial charge in [0.1, 0.15) is 0 Å². The molecule has 3 aromatic carbocycles. The van der Waals surface area contributed by atoms with Crippen molar-refractivity contribution >= 4 is 40.0 Å². The number of thioether (sulfide) groups is 1. The van der Waals surface area contributed by atoms with Crippen LogP contribution in [0, 0.1) is 20.8 Å². The Bertz CT molecular complexity index is 1600. The van der Waals surface area contributed by atoms with E-state index in [0.29, 0.717) is 27.5 Å². The zero-order valence-corrected chi connectivity index (χ0v) is 19.9. The fourth-order valence-electron chi connectivity index (χ4n) is 3.89. The molecule has 0 atom stereocenters. The van der Waals surface area contributed by atoms with E-state index in [0.717, 1.165) is 22.4 Å². The van der Waals surface area contributed by atoms with Gasteiger partial charge in [0.15, 0.2) is 5.16 Å². The number of carbonyl (C=O) groups excluding carboxylic acids is 1. The van der Waals surface area contributed by atoms with E-state index in [2.05, 4.69) is 15.5 Å². The first kappa shape index (κ1) is 21.9. The zero-order valence-electron chi connectivity index (χ0n) is 19.1. The Morgan fingerprint density at radius 2 is 1.68 bits per heavy atom. The predicted octanol–water partition coefficient (Wildman–Crippen LogP) is 4.69. The van der Waals surface area contributed by atoms with Crippen molar-refractivity contribution in [2.75, 3.05) is 11.1 Å². The number of amides is 1. The van der Waals surface area contributed by atoms with E-state index in [1.807, 2.05) is 85.8 Å². The van der Waals surface area contributed by atoms with Gasteiger partial charge in [-0.05, 0) is 62.2 Å². The lowest BCUT2D eigenvalue weighted by atomic mass is 10.1. The van der Waals surface area contributed by atoms with Crippen LogP contribution in [-0.4, -0.2) is 30.8 Å². The molecule has 0 aliphatic carbocycles. The second kappa shape index (κ2) is 8.79. The van der Waals surface area contributed by atoms with Crippen LogP contribution in [0.3, 0.4) is 0 Å². The van der Waals surface area contributed by atoms with Gasteiger partial charge in [0.2, 0.25) is 11.7 Å². The average Bonchev–Trinajstić information content (AvgIpc) is 3.25. The summed E-state index contributed by atoms with van der Waals surface area (Å²) < 4.78 is 3.40. The van der Waals surface area contributed by atoms with E-state index in [1.165, 1.54) is 11.8 Å². The lowest BCUT2D eigenvalue weighted by Gasteiger charge is -2.12. The Labute approximate surface area is 200 Å². The number of nitrogens with one attached hydrogen (secondary N) is 1. The van der Waals surface area contributed by atoms with E-state index in [4.69, 9.17) is 0 Å². The molecule has 0 radical (unpaired) electrons. The van der Waals surface area contributed by atoms with Gasteiger partial charge in [-0.15, -0.1) is 10.2 Å². The quantitative estimate of drug-likeness (QED) is 0.378. The number of rotatable bonds is 5. The van der Waals surface area contributed by atoms with Gasteiger partial charge < -0.3 is 5.32 Å². The van der Waals surface area contributed by atoms with Crippen LogP contribution in [0.2, 0.25) is 0 Å². The Kier molecular flexibility index (Phi) is 5.67. The molecule has 0 aliphatic heterocycles. The van der Waals surface area contributed by atoms with Crippen LogP contribution >= 0.6 is 11.8 Å². The molecule has 170 valence electrons. The number of hydrogen-bond donors (Lipinski definition) is 1. The lowest BCUT2D eigenvalue weighted by molar-refractivity contribution is -0.113. The molecule has 0 bridgehead atoms. The topological polar surface area (TPSA) is 81.3 Å². The van der Waals surface area contributed by atoms with Gasteiger partial charge in [-0.2, -0.15) is 0 Å². The molecule has 2 aromatic heterocycles. The van der Waals surface area contributed by atoms with E-state index in [-0.39, 0.29) is 17.2 Å². The van der Waals surface area contributed by atoms with Gasteiger partial charge >= 0.3 is 0 Å². The Morgan fingerprint density at radius 1 is 0.941 bits per heavy atom. The molecule has 0 aliphatic rings. The fourth-order valence-corrected chi connectivity index (χ4v) is 4.63. The monoisotopic (exact) mass is 469 g/mol. The SMILES string of the molecule is Cc1ccc(-n2c(=O)c3ccccc3n3c(SCC(=O)Nc4cc(C)ccc4C)nnc23)cc1. The standard InChI is InChI=1S/C26H23N5O2S/c1-16-9-12-19(13-10-16)30-24(33)20-6-4-5-7-22(20)31-25(30)28-29-26(31)34-15-23(32)27-21-14-17(2)8-11-18(21)3/h4-14H,15H2,1-3H3,(H,27,32). The van der Waals surface area contributed by atoms with Crippen LogP contribution in [-0.2, 0) is 4.79 Å². The van der Waals surface area contributed by atoms with Crippen molar-refractivity contribution in [2.24, 2.45) is 0 Å². The third-order valence-electron chi connectivity index (χ3n) is 5.69. The average molecular weight is 470 g/mol. The van der Waals surface area contributed by atoms with E-state index in [1.54, 1.807) is 10.6 Å². The Balaban J connectivity index is 1.54. The summed E-state index contributed by atoms with van der Waals surface area (Å²) in [5.41, 5.74) is 5.24.